The molecule has 0 saturated heterocycles. The number of hydrogen-bond donors (Lipinski definition) is 0. The van der Waals surface area contributed by atoms with E-state index in [-0.39, 0.29) is 12.1 Å². The number of hydrogen-bond acceptors (Lipinski definition) is 3. The van der Waals surface area contributed by atoms with Gasteiger partial charge in [0.25, 0.3) is 0 Å². The third-order valence-electron chi connectivity index (χ3n) is 5.04. The summed E-state index contributed by atoms with van der Waals surface area (Å²) >= 11 is 0. The molecule has 4 heteroatoms. The van der Waals surface area contributed by atoms with Crippen molar-refractivity contribution in [2.24, 2.45) is 0 Å². The summed E-state index contributed by atoms with van der Waals surface area (Å²) in [6.45, 7) is 2.23. The number of methoxy groups -OCH3 is 2. The van der Waals surface area contributed by atoms with Gasteiger partial charge in [0.1, 0.15) is 5.75 Å². The zero-order valence-corrected chi connectivity index (χ0v) is 17.8. The van der Waals surface area contributed by atoms with Gasteiger partial charge in [-0.1, -0.05) is 72.8 Å². The van der Waals surface area contributed by atoms with Crippen LogP contribution in [0.3, 0.4) is 0 Å². The van der Waals surface area contributed by atoms with E-state index in [4.69, 9.17) is 9.47 Å². The van der Waals surface area contributed by atoms with Crippen molar-refractivity contribution in [1.82, 2.24) is 4.67 Å². The molecule has 0 aliphatic rings. The highest BCUT2D eigenvalue weighted by atomic mass is 31.1. The number of nitrogens with zero attached hydrogens (tertiary/aromatic N) is 1. The lowest BCUT2D eigenvalue weighted by atomic mass is 10.0. The maximum Gasteiger partial charge on any atom is 0.128 e. The molecule has 0 saturated carbocycles. The molecule has 0 aliphatic heterocycles. The monoisotopic (exact) mass is 393 g/mol. The highest BCUT2D eigenvalue weighted by Gasteiger charge is 2.31. The molecular weight excluding hydrogens is 365 g/mol. The fourth-order valence-electron chi connectivity index (χ4n) is 3.50. The molecule has 0 unspecified atom stereocenters. The lowest BCUT2D eigenvalue weighted by Crippen LogP contribution is -2.37. The molecule has 3 nitrogen and oxygen atoms in total. The smallest absolute Gasteiger partial charge is 0.128 e. The zero-order valence-electron chi connectivity index (χ0n) is 16.9. The molecule has 3 aromatic carbocycles. The van der Waals surface area contributed by atoms with Crippen molar-refractivity contribution in [1.29, 1.82) is 0 Å². The molecule has 0 heterocycles. The Hall–Kier alpha value is -2.19. The van der Waals surface area contributed by atoms with Gasteiger partial charge in [-0.3, -0.25) is 4.67 Å². The van der Waals surface area contributed by atoms with Gasteiger partial charge in [-0.2, -0.15) is 0 Å². The summed E-state index contributed by atoms with van der Waals surface area (Å²) in [7, 11) is 4.93. The Morgan fingerprint density at radius 1 is 0.786 bits per heavy atom. The highest BCUT2D eigenvalue weighted by molar-refractivity contribution is 7.71. The van der Waals surface area contributed by atoms with Crippen LogP contribution in [0, 0.1) is 0 Å². The maximum absolute atomic E-state index is 5.94. The number of benzene rings is 3. The normalized spacial score (nSPS) is 14.5. The number of rotatable bonds is 8. The Morgan fingerprint density at radius 3 is 1.96 bits per heavy atom. The third-order valence-corrected chi connectivity index (χ3v) is 7.65. The molecule has 3 atom stereocenters. The number of likely N-dealkylation sites (N-methyl/N-ethyl adjacent to an activating group) is 1. The first-order valence-electron chi connectivity index (χ1n) is 9.46. The lowest BCUT2D eigenvalue weighted by Gasteiger charge is -2.37. The molecule has 0 aromatic heterocycles. The van der Waals surface area contributed by atoms with Crippen LogP contribution in [0.15, 0.2) is 84.9 Å². The van der Waals surface area contributed by atoms with Crippen LogP contribution in [0.4, 0.5) is 0 Å². The lowest BCUT2D eigenvalue weighted by molar-refractivity contribution is 0.0556. The van der Waals surface area contributed by atoms with Crippen LogP contribution in [0.2, 0.25) is 0 Å². The van der Waals surface area contributed by atoms with Crippen molar-refractivity contribution in [3.05, 3.63) is 90.5 Å². The van der Waals surface area contributed by atoms with Gasteiger partial charge in [0.15, 0.2) is 0 Å². The van der Waals surface area contributed by atoms with E-state index in [1.807, 2.05) is 18.2 Å². The molecule has 0 aliphatic carbocycles. The van der Waals surface area contributed by atoms with E-state index in [0.717, 1.165) is 5.75 Å². The summed E-state index contributed by atoms with van der Waals surface area (Å²) in [5, 5.41) is 2.50. The summed E-state index contributed by atoms with van der Waals surface area (Å²) in [5.74, 6) is 0.921. The second-order valence-electron chi connectivity index (χ2n) is 6.70. The van der Waals surface area contributed by atoms with E-state index in [0.29, 0.717) is 0 Å². The predicted molar refractivity (Wildman–Crippen MR) is 119 cm³/mol. The van der Waals surface area contributed by atoms with E-state index < -0.39 is 8.07 Å². The van der Waals surface area contributed by atoms with Crippen molar-refractivity contribution in [3.8, 4) is 5.75 Å². The van der Waals surface area contributed by atoms with Gasteiger partial charge in [-0.15, -0.1) is 0 Å². The molecular formula is C24H28NO2P. The Morgan fingerprint density at radius 2 is 1.36 bits per heavy atom. The molecule has 3 aromatic rings. The first kappa shape index (κ1) is 20.5. The number of ether oxygens (including phenoxy) is 2. The largest absolute Gasteiger partial charge is 0.496 e. The average Bonchev–Trinajstić information content (AvgIpc) is 2.76. The summed E-state index contributed by atoms with van der Waals surface area (Å²) in [5.41, 5.74) is 1.19. The second-order valence-corrected chi connectivity index (χ2v) is 8.95. The Labute approximate surface area is 169 Å². The van der Waals surface area contributed by atoms with Crippen LogP contribution < -0.4 is 15.3 Å². The van der Waals surface area contributed by atoms with E-state index in [1.54, 1.807) is 14.2 Å². The summed E-state index contributed by atoms with van der Waals surface area (Å²) in [6, 6.07) is 29.6. The van der Waals surface area contributed by atoms with Gasteiger partial charge in [0.2, 0.25) is 0 Å². The first-order valence-corrected chi connectivity index (χ1v) is 10.8. The quantitative estimate of drug-likeness (QED) is 0.516. The van der Waals surface area contributed by atoms with Crippen LogP contribution in [0.1, 0.15) is 18.6 Å². The van der Waals surface area contributed by atoms with Crippen LogP contribution in [0.25, 0.3) is 0 Å². The minimum absolute atomic E-state index is 0.0189. The number of para-hydroxylation sites is 1. The van der Waals surface area contributed by atoms with Gasteiger partial charge < -0.3 is 9.47 Å². The van der Waals surface area contributed by atoms with E-state index in [1.165, 1.54) is 16.2 Å². The second kappa shape index (κ2) is 9.84. The Balaban J connectivity index is 2.02. The molecule has 0 N–H and O–H groups in total. The van der Waals surface area contributed by atoms with E-state index in [2.05, 4.69) is 85.4 Å². The minimum Gasteiger partial charge on any atom is -0.496 e. The summed E-state index contributed by atoms with van der Waals surface area (Å²) < 4.78 is 14.1. The van der Waals surface area contributed by atoms with Crippen molar-refractivity contribution in [2.45, 2.75) is 19.1 Å². The standard InChI is InChI=1S/C24H28NO2P/c1-19(24(27-4)20-13-7-5-8-14-20)25(2)28(21-15-9-6-10-16-21)23-18-12-11-17-22(23)26-3/h5-19,24H,1-4H3/t19-,24-,28+/m1/s1. The molecule has 3 rings (SSSR count). The Kier molecular flexibility index (Phi) is 7.22. The van der Waals surface area contributed by atoms with Gasteiger partial charge in [0, 0.05) is 26.5 Å². The highest BCUT2D eigenvalue weighted by Crippen LogP contribution is 2.44. The molecule has 28 heavy (non-hydrogen) atoms. The molecule has 146 valence electrons. The van der Waals surface area contributed by atoms with Crippen LogP contribution in [-0.4, -0.2) is 32.0 Å². The van der Waals surface area contributed by atoms with Crippen molar-refractivity contribution in [2.75, 3.05) is 21.3 Å². The van der Waals surface area contributed by atoms with Gasteiger partial charge in [-0.25, -0.2) is 0 Å². The van der Waals surface area contributed by atoms with E-state index >= 15 is 0 Å². The van der Waals surface area contributed by atoms with Crippen molar-refractivity contribution in [3.63, 3.8) is 0 Å². The van der Waals surface area contributed by atoms with Gasteiger partial charge in [-0.05, 0) is 37.0 Å². The molecule has 0 spiro atoms. The van der Waals surface area contributed by atoms with Gasteiger partial charge in [0.05, 0.1) is 13.2 Å². The topological polar surface area (TPSA) is 21.7 Å². The molecule has 0 fully saturated rings. The van der Waals surface area contributed by atoms with Crippen molar-refractivity contribution < 1.29 is 9.47 Å². The Bertz CT molecular complexity index is 857. The van der Waals surface area contributed by atoms with Gasteiger partial charge >= 0.3 is 0 Å². The molecule has 0 bridgehead atoms. The predicted octanol–water partition coefficient (Wildman–Crippen LogP) is 4.75. The summed E-state index contributed by atoms with van der Waals surface area (Å²) in [6.07, 6.45) is -0.0189. The van der Waals surface area contributed by atoms with Crippen molar-refractivity contribution >= 4 is 18.7 Å². The fourth-order valence-corrected chi connectivity index (χ4v) is 6.02. The minimum atomic E-state index is -0.778. The zero-order chi connectivity index (χ0) is 19.9. The summed E-state index contributed by atoms with van der Waals surface area (Å²) in [4.78, 5) is 0. The first-order chi connectivity index (χ1) is 13.7. The van der Waals surface area contributed by atoms with E-state index in [9.17, 15) is 0 Å². The molecule has 0 amide bonds. The molecule has 0 radical (unpaired) electrons. The van der Waals surface area contributed by atoms with Crippen LogP contribution in [-0.2, 0) is 4.74 Å². The van der Waals surface area contributed by atoms with Crippen LogP contribution >= 0.6 is 8.07 Å². The van der Waals surface area contributed by atoms with Crippen LogP contribution in [0.5, 0.6) is 5.75 Å². The maximum atomic E-state index is 5.94. The third kappa shape index (κ3) is 4.44. The fraction of sp³-hybridized carbons (Fsp3) is 0.250. The average molecular weight is 393 g/mol. The SMILES string of the molecule is COc1ccccc1[P@](c1ccccc1)N(C)[C@H](C)[C@@H](OC)c1ccccc1.